The first-order valence-electron chi connectivity index (χ1n) is 7.65. The Labute approximate surface area is 145 Å². The number of hydrogen-bond acceptors (Lipinski definition) is 3. The number of hydrogen-bond donors (Lipinski definition) is 2. The molecule has 1 aliphatic rings. The van der Waals surface area contributed by atoms with Crippen molar-refractivity contribution in [2.75, 3.05) is 19.7 Å². The Morgan fingerprint density at radius 3 is 2.62 bits per heavy atom. The molecule has 0 bridgehead atoms. The predicted molar refractivity (Wildman–Crippen MR) is 87.4 cm³/mol. The Balaban J connectivity index is 0.00000288. The number of carbonyl (C=O) groups excluding carboxylic acids is 1. The fourth-order valence-corrected chi connectivity index (χ4v) is 2.12. The molecular weight excluding hydrogens is 345 g/mol. The zero-order valence-electron chi connectivity index (χ0n) is 13.4. The SMILES string of the molecule is CC(COc1ccccc1C(F)(F)F)NC(=O)CNCC1CC1.Cl. The molecule has 1 aromatic carbocycles. The lowest BCUT2D eigenvalue weighted by Crippen LogP contribution is -2.42. The fraction of sp³-hybridized carbons (Fsp3) is 0.562. The Morgan fingerprint density at radius 1 is 1.33 bits per heavy atom. The van der Waals surface area contributed by atoms with E-state index < -0.39 is 11.7 Å². The molecule has 0 heterocycles. The number of para-hydroxylation sites is 1. The second-order valence-corrected chi connectivity index (χ2v) is 5.85. The lowest BCUT2D eigenvalue weighted by atomic mass is 10.2. The number of benzene rings is 1. The molecule has 1 aromatic rings. The van der Waals surface area contributed by atoms with E-state index in [0.29, 0.717) is 5.92 Å². The van der Waals surface area contributed by atoms with Gasteiger partial charge >= 0.3 is 6.18 Å². The van der Waals surface area contributed by atoms with E-state index in [-0.39, 0.29) is 43.3 Å². The highest BCUT2D eigenvalue weighted by Crippen LogP contribution is 2.35. The summed E-state index contributed by atoms with van der Waals surface area (Å²) in [6, 6.07) is 4.66. The maximum absolute atomic E-state index is 12.8. The van der Waals surface area contributed by atoms with Crippen molar-refractivity contribution in [1.82, 2.24) is 10.6 Å². The summed E-state index contributed by atoms with van der Waals surface area (Å²) in [5.41, 5.74) is -0.815. The number of rotatable bonds is 8. The van der Waals surface area contributed by atoms with Crippen LogP contribution in [0.5, 0.6) is 5.75 Å². The highest BCUT2D eigenvalue weighted by molar-refractivity contribution is 5.85. The normalized spacial score (nSPS) is 15.3. The molecule has 0 radical (unpaired) electrons. The largest absolute Gasteiger partial charge is 0.491 e. The monoisotopic (exact) mass is 366 g/mol. The van der Waals surface area contributed by atoms with Crippen LogP contribution in [0.15, 0.2) is 24.3 Å². The molecular formula is C16H22ClF3N2O2. The molecule has 4 nitrogen and oxygen atoms in total. The predicted octanol–water partition coefficient (Wildman–Crippen LogP) is 3.01. The summed E-state index contributed by atoms with van der Waals surface area (Å²) in [4.78, 5) is 11.7. The molecule has 8 heteroatoms. The molecule has 2 rings (SSSR count). The minimum absolute atomic E-state index is 0. The third-order valence-electron chi connectivity index (χ3n) is 3.50. The van der Waals surface area contributed by atoms with Crippen molar-refractivity contribution < 1.29 is 22.7 Å². The summed E-state index contributed by atoms with van der Waals surface area (Å²) in [5, 5.41) is 5.75. The van der Waals surface area contributed by atoms with E-state index >= 15 is 0 Å². The van der Waals surface area contributed by atoms with Gasteiger partial charge in [-0.3, -0.25) is 4.79 Å². The summed E-state index contributed by atoms with van der Waals surface area (Å²) >= 11 is 0. The van der Waals surface area contributed by atoms with Crippen molar-refractivity contribution >= 4 is 18.3 Å². The second kappa shape index (κ2) is 9.13. The molecule has 1 aliphatic carbocycles. The number of alkyl halides is 3. The van der Waals surface area contributed by atoms with E-state index in [1.165, 1.54) is 31.0 Å². The number of amides is 1. The molecule has 136 valence electrons. The van der Waals surface area contributed by atoms with Crippen LogP contribution in [0.25, 0.3) is 0 Å². The Bertz CT molecular complexity index is 536. The van der Waals surface area contributed by atoms with E-state index in [2.05, 4.69) is 10.6 Å². The smallest absolute Gasteiger partial charge is 0.419 e. The molecule has 1 fully saturated rings. The van der Waals surface area contributed by atoms with Crippen LogP contribution < -0.4 is 15.4 Å². The number of carbonyl (C=O) groups is 1. The molecule has 2 N–H and O–H groups in total. The molecule has 0 saturated heterocycles. The van der Waals surface area contributed by atoms with E-state index in [1.807, 2.05) is 0 Å². The van der Waals surface area contributed by atoms with E-state index in [9.17, 15) is 18.0 Å². The van der Waals surface area contributed by atoms with Gasteiger partial charge in [0.05, 0.1) is 18.2 Å². The summed E-state index contributed by atoms with van der Waals surface area (Å²) in [5.74, 6) is 0.265. The minimum atomic E-state index is -4.46. The maximum atomic E-state index is 12.8. The first-order chi connectivity index (χ1) is 10.9. The van der Waals surface area contributed by atoms with Gasteiger partial charge in [-0.2, -0.15) is 13.2 Å². The lowest BCUT2D eigenvalue weighted by Gasteiger charge is -2.18. The van der Waals surface area contributed by atoms with Gasteiger partial charge in [0.25, 0.3) is 0 Å². The van der Waals surface area contributed by atoms with E-state index in [1.54, 1.807) is 6.92 Å². The van der Waals surface area contributed by atoms with Gasteiger partial charge in [-0.1, -0.05) is 12.1 Å². The van der Waals surface area contributed by atoms with Crippen LogP contribution in [0.2, 0.25) is 0 Å². The van der Waals surface area contributed by atoms with Crippen LogP contribution in [0.3, 0.4) is 0 Å². The molecule has 0 aliphatic heterocycles. The first-order valence-corrected chi connectivity index (χ1v) is 7.65. The summed E-state index contributed by atoms with van der Waals surface area (Å²) < 4.78 is 43.7. The van der Waals surface area contributed by atoms with Crippen molar-refractivity contribution in [1.29, 1.82) is 0 Å². The second-order valence-electron chi connectivity index (χ2n) is 5.85. The number of nitrogens with one attached hydrogen (secondary N) is 2. The standard InChI is InChI=1S/C16H21F3N2O2.ClH/c1-11(21-15(22)9-20-8-12-6-7-12)10-23-14-5-3-2-4-13(14)16(17,18)19;/h2-5,11-12,20H,6-10H2,1H3,(H,21,22);1H. The molecule has 1 amide bonds. The van der Waals surface area contributed by atoms with Gasteiger partial charge in [-0.25, -0.2) is 0 Å². The average Bonchev–Trinajstić information content (AvgIpc) is 3.28. The van der Waals surface area contributed by atoms with Crippen LogP contribution in [0.1, 0.15) is 25.3 Å². The fourth-order valence-electron chi connectivity index (χ4n) is 2.12. The highest BCUT2D eigenvalue weighted by atomic mass is 35.5. The highest BCUT2D eigenvalue weighted by Gasteiger charge is 2.34. The number of ether oxygens (including phenoxy) is 1. The molecule has 24 heavy (non-hydrogen) atoms. The van der Waals surface area contributed by atoms with Gasteiger partial charge in [0.1, 0.15) is 12.4 Å². The zero-order chi connectivity index (χ0) is 16.9. The summed E-state index contributed by atoms with van der Waals surface area (Å²) in [6.07, 6.45) is -2.05. The van der Waals surface area contributed by atoms with Gasteiger partial charge < -0.3 is 15.4 Å². The maximum Gasteiger partial charge on any atom is 0.419 e. The first kappa shape index (κ1) is 20.6. The lowest BCUT2D eigenvalue weighted by molar-refractivity contribution is -0.139. The topological polar surface area (TPSA) is 50.4 Å². The van der Waals surface area contributed by atoms with Crippen molar-refractivity contribution in [3.05, 3.63) is 29.8 Å². The average molecular weight is 367 g/mol. The van der Waals surface area contributed by atoms with Gasteiger partial charge in [-0.05, 0) is 44.4 Å². The van der Waals surface area contributed by atoms with Gasteiger partial charge in [0.2, 0.25) is 5.91 Å². The van der Waals surface area contributed by atoms with Crippen molar-refractivity contribution in [3.8, 4) is 5.75 Å². The van der Waals surface area contributed by atoms with Crippen LogP contribution in [0.4, 0.5) is 13.2 Å². The van der Waals surface area contributed by atoms with Crippen LogP contribution in [0, 0.1) is 5.92 Å². The van der Waals surface area contributed by atoms with Crippen molar-refractivity contribution in [3.63, 3.8) is 0 Å². The molecule has 1 atom stereocenters. The van der Waals surface area contributed by atoms with Gasteiger partial charge in [0.15, 0.2) is 0 Å². The van der Waals surface area contributed by atoms with Crippen molar-refractivity contribution in [2.24, 2.45) is 5.92 Å². The molecule has 0 spiro atoms. The Hall–Kier alpha value is -1.47. The third kappa shape index (κ3) is 6.97. The molecule has 1 unspecified atom stereocenters. The van der Waals surface area contributed by atoms with Crippen molar-refractivity contribution in [2.45, 2.75) is 32.0 Å². The third-order valence-corrected chi connectivity index (χ3v) is 3.50. The Morgan fingerprint density at radius 2 is 2.00 bits per heavy atom. The summed E-state index contributed by atoms with van der Waals surface area (Å²) in [6.45, 7) is 2.70. The van der Waals surface area contributed by atoms with Crippen LogP contribution in [-0.2, 0) is 11.0 Å². The van der Waals surface area contributed by atoms with E-state index in [4.69, 9.17) is 4.74 Å². The Kier molecular flexibility index (Phi) is 7.83. The number of halogens is 4. The van der Waals surface area contributed by atoms with Gasteiger partial charge in [-0.15, -0.1) is 12.4 Å². The zero-order valence-corrected chi connectivity index (χ0v) is 14.2. The summed E-state index contributed by atoms with van der Waals surface area (Å²) in [7, 11) is 0. The minimum Gasteiger partial charge on any atom is -0.491 e. The van der Waals surface area contributed by atoms with E-state index in [0.717, 1.165) is 12.6 Å². The molecule has 0 aromatic heterocycles. The van der Waals surface area contributed by atoms with Crippen LogP contribution in [-0.4, -0.2) is 31.6 Å². The van der Waals surface area contributed by atoms with Gasteiger partial charge in [0, 0.05) is 0 Å². The quantitative estimate of drug-likeness (QED) is 0.743. The van der Waals surface area contributed by atoms with Crippen LogP contribution >= 0.6 is 12.4 Å². The molecule has 1 saturated carbocycles.